The van der Waals surface area contributed by atoms with Gasteiger partial charge in [0, 0.05) is 25.4 Å². The molecule has 1 heterocycles. The van der Waals surface area contributed by atoms with Gasteiger partial charge >= 0.3 is 0 Å². The molecule has 0 radical (unpaired) electrons. The molecule has 12 heavy (non-hydrogen) atoms. The Labute approximate surface area is 72.1 Å². The predicted molar refractivity (Wildman–Crippen MR) is 47.7 cm³/mol. The minimum absolute atomic E-state index is 0.909. The van der Waals surface area contributed by atoms with Gasteiger partial charge in [0.05, 0.1) is 0 Å². The largest absolute Gasteiger partial charge is 0.463 e. The molecule has 0 bridgehead atoms. The van der Waals surface area contributed by atoms with Gasteiger partial charge in [-0.1, -0.05) is 18.2 Å². The molecule has 0 aliphatic carbocycles. The molecule has 0 fully saturated rings. The number of hydrogen-bond donors (Lipinski definition) is 0. The van der Waals surface area contributed by atoms with E-state index >= 15 is 0 Å². The molecular formula is C10H11NO. The summed E-state index contributed by atoms with van der Waals surface area (Å²) in [5.74, 6) is 0.957. The molecule has 0 atom stereocenters. The van der Waals surface area contributed by atoms with Gasteiger partial charge in [-0.2, -0.15) is 0 Å². The first kappa shape index (κ1) is 7.22. The van der Waals surface area contributed by atoms with E-state index in [4.69, 9.17) is 4.74 Å². The first-order valence-corrected chi connectivity index (χ1v) is 3.98. The van der Waals surface area contributed by atoms with E-state index in [0.717, 1.165) is 12.3 Å². The Morgan fingerprint density at radius 2 is 2.17 bits per heavy atom. The topological polar surface area (TPSA) is 12.5 Å². The van der Waals surface area contributed by atoms with Crippen molar-refractivity contribution in [2.45, 2.75) is 6.54 Å². The zero-order valence-electron chi connectivity index (χ0n) is 7.03. The van der Waals surface area contributed by atoms with Crippen molar-refractivity contribution < 1.29 is 4.74 Å². The number of ether oxygens (including phenoxy) is 1. The standard InChI is InChI=1S/C10H11NO/c1-11-6-7-12-10-5-3-2-4-9(10)8-11/h2-7H,8H2,1H3. The first-order valence-electron chi connectivity index (χ1n) is 3.98. The SMILES string of the molecule is CN1C=COc2ccccc2C1. The third-order valence-electron chi connectivity index (χ3n) is 1.90. The molecule has 0 spiro atoms. The quantitative estimate of drug-likeness (QED) is 0.577. The van der Waals surface area contributed by atoms with Crippen LogP contribution in [0.15, 0.2) is 36.7 Å². The summed E-state index contributed by atoms with van der Waals surface area (Å²) < 4.78 is 5.40. The Balaban J connectivity index is 2.38. The van der Waals surface area contributed by atoms with Crippen molar-refractivity contribution in [2.75, 3.05) is 7.05 Å². The molecule has 2 nitrogen and oxygen atoms in total. The van der Waals surface area contributed by atoms with Crippen LogP contribution >= 0.6 is 0 Å². The average molecular weight is 161 g/mol. The fraction of sp³-hybridized carbons (Fsp3) is 0.200. The molecule has 2 rings (SSSR count). The smallest absolute Gasteiger partial charge is 0.131 e. The summed E-state index contributed by atoms with van der Waals surface area (Å²) in [7, 11) is 2.03. The van der Waals surface area contributed by atoms with Crippen molar-refractivity contribution in [1.82, 2.24) is 4.90 Å². The van der Waals surface area contributed by atoms with Gasteiger partial charge in [-0.15, -0.1) is 0 Å². The molecule has 0 unspecified atom stereocenters. The molecule has 1 aromatic carbocycles. The van der Waals surface area contributed by atoms with Crippen molar-refractivity contribution >= 4 is 0 Å². The highest BCUT2D eigenvalue weighted by atomic mass is 16.5. The van der Waals surface area contributed by atoms with Gasteiger partial charge in [-0.3, -0.25) is 0 Å². The molecule has 0 amide bonds. The lowest BCUT2D eigenvalue weighted by Gasteiger charge is -2.11. The first-order chi connectivity index (χ1) is 5.86. The van der Waals surface area contributed by atoms with E-state index in [1.54, 1.807) is 6.26 Å². The molecule has 1 aromatic rings. The summed E-state index contributed by atoms with van der Waals surface area (Å²) in [6, 6.07) is 8.08. The fourth-order valence-electron chi connectivity index (χ4n) is 1.28. The van der Waals surface area contributed by atoms with Crippen LogP contribution in [0.3, 0.4) is 0 Å². The summed E-state index contributed by atoms with van der Waals surface area (Å²) in [5.41, 5.74) is 1.23. The van der Waals surface area contributed by atoms with Gasteiger partial charge in [-0.25, -0.2) is 0 Å². The van der Waals surface area contributed by atoms with Crippen LogP contribution in [0.25, 0.3) is 0 Å². The second-order valence-corrected chi connectivity index (χ2v) is 2.93. The number of fused-ring (bicyclic) bond motifs is 1. The van der Waals surface area contributed by atoms with Crippen molar-refractivity contribution in [3.8, 4) is 5.75 Å². The minimum Gasteiger partial charge on any atom is -0.463 e. The molecule has 2 heteroatoms. The van der Waals surface area contributed by atoms with Crippen LogP contribution < -0.4 is 4.74 Å². The van der Waals surface area contributed by atoms with E-state index in [1.165, 1.54) is 5.56 Å². The molecule has 0 saturated carbocycles. The van der Waals surface area contributed by atoms with Crippen LogP contribution in [0, 0.1) is 0 Å². The van der Waals surface area contributed by atoms with Gasteiger partial charge in [-0.05, 0) is 6.07 Å². The third kappa shape index (κ3) is 1.28. The molecular weight excluding hydrogens is 150 g/mol. The highest BCUT2D eigenvalue weighted by molar-refractivity contribution is 5.34. The Hall–Kier alpha value is -1.44. The van der Waals surface area contributed by atoms with E-state index in [1.807, 2.05) is 31.4 Å². The maximum Gasteiger partial charge on any atom is 0.131 e. The third-order valence-corrected chi connectivity index (χ3v) is 1.90. The van der Waals surface area contributed by atoms with Crippen LogP contribution in [0.2, 0.25) is 0 Å². The van der Waals surface area contributed by atoms with Crippen LogP contribution in [-0.2, 0) is 6.54 Å². The van der Waals surface area contributed by atoms with Gasteiger partial charge in [0.2, 0.25) is 0 Å². The van der Waals surface area contributed by atoms with E-state index in [2.05, 4.69) is 11.0 Å². The van der Waals surface area contributed by atoms with Gasteiger partial charge in [0.25, 0.3) is 0 Å². The summed E-state index contributed by atoms with van der Waals surface area (Å²) in [5, 5.41) is 0. The second kappa shape index (κ2) is 2.89. The van der Waals surface area contributed by atoms with Crippen LogP contribution in [0.4, 0.5) is 0 Å². The number of rotatable bonds is 0. The van der Waals surface area contributed by atoms with Crippen molar-refractivity contribution in [1.29, 1.82) is 0 Å². The lowest BCUT2D eigenvalue weighted by molar-refractivity contribution is 0.449. The second-order valence-electron chi connectivity index (χ2n) is 2.93. The minimum atomic E-state index is 0.909. The Bertz CT molecular complexity index is 306. The highest BCUT2D eigenvalue weighted by Gasteiger charge is 2.05. The van der Waals surface area contributed by atoms with Crippen LogP contribution in [0.1, 0.15) is 5.56 Å². The Morgan fingerprint density at radius 1 is 1.33 bits per heavy atom. The van der Waals surface area contributed by atoms with E-state index in [-0.39, 0.29) is 0 Å². The molecule has 0 N–H and O–H groups in total. The molecule has 1 aliphatic heterocycles. The Kier molecular flexibility index (Phi) is 1.74. The van der Waals surface area contributed by atoms with E-state index in [0.29, 0.717) is 0 Å². The van der Waals surface area contributed by atoms with Crippen molar-refractivity contribution in [3.63, 3.8) is 0 Å². The van der Waals surface area contributed by atoms with Crippen molar-refractivity contribution in [3.05, 3.63) is 42.3 Å². The average Bonchev–Trinajstić information content (AvgIpc) is 2.25. The monoisotopic (exact) mass is 161 g/mol. The summed E-state index contributed by atoms with van der Waals surface area (Å²) >= 11 is 0. The molecule has 62 valence electrons. The Morgan fingerprint density at radius 3 is 3.08 bits per heavy atom. The number of benzene rings is 1. The maximum atomic E-state index is 5.40. The van der Waals surface area contributed by atoms with Gasteiger partial charge in [0.15, 0.2) is 0 Å². The lowest BCUT2D eigenvalue weighted by atomic mass is 10.2. The predicted octanol–water partition coefficient (Wildman–Crippen LogP) is 1.98. The lowest BCUT2D eigenvalue weighted by Crippen LogP contribution is -2.08. The van der Waals surface area contributed by atoms with Crippen LogP contribution in [0.5, 0.6) is 5.75 Å². The van der Waals surface area contributed by atoms with Crippen LogP contribution in [-0.4, -0.2) is 11.9 Å². The molecule has 1 aliphatic rings. The summed E-state index contributed by atoms with van der Waals surface area (Å²) in [6.07, 6.45) is 3.64. The zero-order chi connectivity index (χ0) is 8.39. The molecule has 0 aromatic heterocycles. The maximum absolute atomic E-state index is 5.40. The fourth-order valence-corrected chi connectivity index (χ4v) is 1.28. The van der Waals surface area contributed by atoms with Gasteiger partial charge < -0.3 is 9.64 Å². The van der Waals surface area contributed by atoms with Gasteiger partial charge in [0.1, 0.15) is 12.0 Å². The normalized spacial score (nSPS) is 14.9. The number of para-hydroxylation sites is 1. The number of nitrogens with zero attached hydrogens (tertiary/aromatic N) is 1. The summed E-state index contributed by atoms with van der Waals surface area (Å²) in [4.78, 5) is 2.09. The van der Waals surface area contributed by atoms with Crippen molar-refractivity contribution in [2.24, 2.45) is 0 Å². The number of hydrogen-bond acceptors (Lipinski definition) is 2. The van der Waals surface area contributed by atoms with E-state index < -0.39 is 0 Å². The molecule has 0 saturated heterocycles. The zero-order valence-corrected chi connectivity index (χ0v) is 7.03. The summed E-state index contributed by atoms with van der Waals surface area (Å²) in [6.45, 7) is 0.909. The highest BCUT2D eigenvalue weighted by Crippen LogP contribution is 2.21. The van der Waals surface area contributed by atoms with E-state index in [9.17, 15) is 0 Å².